The summed E-state index contributed by atoms with van der Waals surface area (Å²) in [6.07, 6.45) is 0. The van der Waals surface area contributed by atoms with Crippen LogP contribution in [0, 0.1) is 0 Å². The van der Waals surface area contributed by atoms with E-state index in [1.807, 2.05) is 25.2 Å². The van der Waals surface area contributed by atoms with Crippen LogP contribution < -0.4 is 15.4 Å². The third-order valence-corrected chi connectivity index (χ3v) is 5.76. The first-order valence-electron chi connectivity index (χ1n) is 11.2. The molecule has 0 bridgehead atoms. The summed E-state index contributed by atoms with van der Waals surface area (Å²) in [5.74, 6) is 1.73. The number of para-hydroxylation sites is 1. The van der Waals surface area contributed by atoms with Crippen molar-refractivity contribution < 1.29 is 9.47 Å². The summed E-state index contributed by atoms with van der Waals surface area (Å²) in [5.41, 5.74) is 1.17. The number of nitrogens with zero attached hydrogens (tertiary/aromatic N) is 3. The fourth-order valence-electron chi connectivity index (χ4n) is 3.60. The molecule has 0 radical (unpaired) electrons. The summed E-state index contributed by atoms with van der Waals surface area (Å²) < 4.78 is 11.6. The number of morpholine rings is 1. The molecule has 1 aliphatic rings. The Morgan fingerprint density at radius 1 is 1.16 bits per heavy atom. The Hall–Kier alpha value is -1.10. The number of likely N-dealkylation sites (N-methyl/N-ethyl adjacent to an activating group) is 1. The van der Waals surface area contributed by atoms with Crippen LogP contribution in [-0.4, -0.2) is 87.4 Å². The van der Waals surface area contributed by atoms with E-state index >= 15 is 0 Å². The molecular weight excluding hydrogens is 505 g/mol. The van der Waals surface area contributed by atoms with Gasteiger partial charge in [-0.2, -0.15) is 0 Å². The summed E-state index contributed by atoms with van der Waals surface area (Å²) in [5, 5.41) is 6.91. The molecule has 1 aromatic carbocycles. The molecule has 0 aromatic heterocycles. The van der Waals surface area contributed by atoms with Gasteiger partial charge in [-0.1, -0.05) is 32.0 Å². The third kappa shape index (κ3) is 9.51. The lowest BCUT2D eigenvalue weighted by atomic mass is 10.0. The Labute approximate surface area is 206 Å². The second-order valence-corrected chi connectivity index (χ2v) is 8.17. The molecule has 1 aliphatic heterocycles. The first-order valence-corrected chi connectivity index (χ1v) is 11.2. The number of halogens is 1. The van der Waals surface area contributed by atoms with E-state index in [0.29, 0.717) is 13.2 Å². The van der Waals surface area contributed by atoms with Crippen LogP contribution in [0.5, 0.6) is 5.75 Å². The van der Waals surface area contributed by atoms with Crippen molar-refractivity contribution in [3.8, 4) is 5.75 Å². The van der Waals surface area contributed by atoms with Gasteiger partial charge in [-0.3, -0.25) is 9.89 Å². The summed E-state index contributed by atoms with van der Waals surface area (Å²) in [4.78, 5) is 9.22. The quantitative estimate of drug-likeness (QED) is 0.253. The molecule has 0 amide bonds. The lowest BCUT2D eigenvalue weighted by Gasteiger charge is -2.41. The standard InChI is InChI=1S/C23H41N5O2.HI/c1-6-27(7-2)12-17-30-21-11-9-8-10-20(21)18-25-22(24-5)26-19-23(3,4)28-13-15-29-16-14-28;/h8-11H,6-7,12-19H2,1-5H3,(H2,24,25,26);1H. The number of nitrogens with one attached hydrogen (secondary N) is 2. The van der Waals surface area contributed by atoms with Crippen LogP contribution in [0.4, 0.5) is 0 Å². The van der Waals surface area contributed by atoms with Crippen molar-refractivity contribution in [2.75, 3.05) is 66.1 Å². The van der Waals surface area contributed by atoms with Crippen molar-refractivity contribution in [2.24, 2.45) is 4.99 Å². The fourth-order valence-corrected chi connectivity index (χ4v) is 3.60. The number of hydrogen-bond donors (Lipinski definition) is 2. The largest absolute Gasteiger partial charge is 0.492 e. The van der Waals surface area contributed by atoms with Gasteiger partial charge in [-0.05, 0) is 33.0 Å². The number of aliphatic imine (C=N–C) groups is 1. The zero-order valence-electron chi connectivity index (χ0n) is 19.9. The number of hydrogen-bond acceptors (Lipinski definition) is 5. The number of rotatable bonds is 11. The van der Waals surface area contributed by atoms with Gasteiger partial charge >= 0.3 is 0 Å². The Balaban J connectivity index is 0.00000480. The smallest absolute Gasteiger partial charge is 0.191 e. The zero-order chi connectivity index (χ0) is 21.8. The lowest BCUT2D eigenvalue weighted by molar-refractivity contribution is -0.00834. The van der Waals surface area contributed by atoms with E-state index in [2.05, 4.69) is 59.2 Å². The van der Waals surface area contributed by atoms with Gasteiger partial charge in [-0.15, -0.1) is 24.0 Å². The Bertz CT molecular complexity index is 647. The van der Waals surface area contributed by atoms with Crippen molar-refractivity contribution in [3.63, 3.8) is 0 Å². The minimum atomic E-state index is 0. The molecule has 31 heavy (non-hydrogen) atoms. The predicted molar refractivity (Wildman–Crippen MR) is 140 cm³/mol. The van der Waals surface area contributed by atoms with E-state index in [4.69, 9.17) is 9.47 Å². The number of ether oxygens (including phenoxy) is 2. The molecule has 0 spiro atoms. The van der Waals surface area contributed by atoms with Gasteiger partial charge in [0.1, 0.15) is 12.4 Å². The van der Waals surface area contributed by atoms with Crippen LogP contribution in [0.25, 0.3) is 0 Å². The van der Waals surface area contributed by atoms with Crippen LogP contribution in [0.2, 0.25) is 0 Å². The zero-order valence-corrected chi connectivity index (χ0v) is 22.3. The minimum Gasteiger partial charge on any atom is -0.492 e. The molecule has 8 heteroatoms. The molecule has 0 saturated carbocycles. The Morgan fingerprint density at radius 2 is 1.84 bits per heavy atom. The number of guanidine groups is 1. The predicted octanol–water partition coefficient (Wildman–Crippen LogP) is 2.80. The molecule has 0 unspecified atom stereocenters. The van der Waals surface area contributed by atoms with Crippen molar-refractivity contribution >= 4 is 29.9 Å². The summed E-state index contributed by atoms with van der Waals surface area (Å²) in [6.45, 7) is 17.6. The van der Waals surface area contributed by atoms with E-state index in [1.54, 1.807) is 0 Å². The molecule has 1 saturated heterocycles. The van der Waals surface area contributed by atoms with Crippen LogP contribution in [0.15, 0.2) is 29.3 Å². The maximum atomic E-state index is 6.07. The molecule has 1 fully saturated rings. The van der Waals surface area contributed by atoms with Gasteiger partial charge in [0.25, 0.3) is 0 Å². The third-order valence-electron chi connectivity index (χ3n) is 5.76. The summed E-state index contributed by atoms with van der Waals surface area (Å²) in [7, 11) is 1.81. The van der Waals surface area contributed by atoms with Gasteiger partial charge in [0.2, 0.25) is 0 Å². The molecule has 2 rings (SSSR count). The average molecular weight is 548 g/mol. The molecular formula is C23H42IN5O2. The molecule has 0 aliphatic carbocycles. The van der Waals surface area contributed by atoms with Gasteiger partial charge in [0.05, 0.1) is 13.2 Å². The first kappa shape index (κ1) is 27.9. The second-order valence-electron chi connectivity index (χ2n) is 8.17. The monoisotopic (exact) mass is 547 g/mol. The van der Waals surface area contributed by atoms with Crippen LogP contribution in [0.1, 0.15) is 33.3 Å². The van der Waals surface area contributed by atoms with E-state index in [9.17, 15) is 0 Å². The summed E-state index contributed by atoms with van der Waals surface area (Å²) in [6, 6.07) is 8.21. The van der Waals surface area contributed by atoms with Crippen molar-refractivity contribution in [1.29, 1.82) is 0 Å². The molecule has 1 aromatic rings. The normalized spacial score (nSPS) is 15.5. The van der Waals surface area contributed by atoms with Gasteiger partial charge in [0, 0.05) is 50.9 Å². The molecule has 0 atom stereocenters. The van der Waals surface area contributed by atoms with Crippen molar-refractivity contribution in [2.45, 2.75) is 39.8 Å². The highest BCUT2D eigenvalue weighted by molar-refractivity contribution is 14.0. The van der Waals surface area contributed by atoms with Crippen LogP contribution in [0.3, 0.4) is 0 Å². The molecule has 1 heterocycles. The molecule has 178 valence electrons. The second kappa shape index (κ2) is 14.9. The Kier molecular flexibility index (Phi) is 13.4. The maximum Gasteiger partial charge on any atom is 0.191 e. The van der Waals surface area contributed by atoms with E-state index in [-0.39, 0.29) is 29.5 Å². The summed E-state index contributed by atoms with van der Waals surface area (Å²) >= 11 is 0. The maximum absolute atomic E-state index is 6.07. The highest BCUT2D eigenvalue weighted by Gasteiger charge is 2.28. The highest BCUT2D eigenvalue weighted by Crippen LogP contribution is 2.18. The fraction of sp³-hybridized carbons (Fsp3) is 0.696. The van der Waals surface area contributed by atoms with Gasteiger partial charge in [-0.25, -0.2) is 0 Å². The average Bonchev–Trinajstić information content (AvgIpc) is 2.78. The molecule has 2 N–H and O–H groups in total. The highest BCUT2D eigenvalue weighted by atomic mass is 127. The number of benzene rings is 1. The minimum absolute atomic E-state index is 0. The van der Waals surface area contributed by atoms with Gasteiger partial charge < -0.3 is 25.0 Å². The Morgan fingerprint density at radius 3 is 2.48 bits per heavy atom. The van der Waals surface area contributed by atoms with Gasteiger partial charge in [0.15, 0.2) is 5.96 Å². The van der Waals surface area contributed by atoms with E-state index < -0.39 is 0 Å². The topological polar surface area (TPSA) is 61.4 Å². The first-order chi connectivity index (χ1) is 14.5. The van der Waals surface area contributed by atoms with Crippen LogP contribution >= 0.6 is 24.0 Å². The van der Waals surface area contributed by atoms with E-state index in [1.165, 1.54) is 0 Å². The SMILES string of the molecule is CCN(CC)CCOc1ccccc1CNC(=NC)NCC(C)(C)N1CCOCC1.I. The van der Waals surface area contributed by atoms with Crippen molar-refractivity contribution in [3.05, 3.63) is 29.8 Å². The van der Waals surface area contributed by atoms with Crippen molar-refractivity contribution in [1.82, 2.24) is 20.4 Å². The van der Waals surface area contributed by atoms with E-state index in [0.717, 1.165) is 69.8 Å². The lowest BCUT2D eigenvalue weighted by Crippen LogP contribution is -2.56. The van der Waals surface area contributed by atoms with Crippen LogP contribution in [-0.2, 0) is 11.3 Å². The molecule has 7 nitrogen and oxygen atoms in total.